The molecule has 4 heteroatoms. The number of hydrogen-bond donors (Lipinski definition) is 2. The van der Waals surface area contributed by atoms with Crippen LogP contribution in [0, 0.1) is 11.8 Å². The van der Waals surface area contributed by atoms with E-state index >= 15 is 0 Å². The average molecular weight is 249 g/mol. The molecule has 0 radical (unpaired) electrons. The summed E-state index contributed by atoms with van der Waals surface area (Å²) in [6.45, 7) is 7.19. The first-order valence-electron chi connectivity index (χ1n) is 6.18. The van der Waals surface area contributed by atoms with Gasteiger partial charge in [-0.25, -0.2) is 0 Å². The molecule has 0 saturated carbocycles. The second kappa shape index (κ2) is 8.82. The van der Waals surface area contributed by atoms with Crippen LogP contribution in [0.4, 0.5) is 0 Å². The molecule has 1 aliphatic rings. The van der Waals surface area contributed by atoms with Gasteiger partial charge in [-0.2, -0.15) is 0 Å². The number of carbonyl (C=O) groups excluding carboxylic acids is 1. The SMILES string of the molecule is CC(C)CCCNC(=O)C1CCCNC1.Cl. The van der Waals surface area contributed by atoms with E-state index in [9.17, 15) is 4.79 Å². The number of hydrogen-bond acceptors (Lipinski definition) is 2. The minimum absolute atomic E-state index is 0. The fourth-order valence-electron chi connectivity index (χ4n) is 1.94. The summed E-state index contributed by atoms with van der Waals surface area (Å²) in [4.78, 5) is 11.7. The van der Waals surface area contributed by atoms with Crippen LogP contribution < -0.4 is 10.6 Å². The van der Waals surface area contributed by atoms with Gasteiger partial charge in [0.05, 0.1) is 5.92 Å². The Bertz CT molecular complexity index is 191. The van der Waals surface area contributed by atoms with Gasteiger partial charge in [0.25, 0.3) is 0 Å². The lowest BCUT2D eigenvalue weighted by Crippen LogP contribution is -2.40. The van der Waals surface area contributed by atoms with Crippen LogP contribution in [-0.2, 0) is 4.79 Å². The van der Waals surface area contributed by atoms with Crippen LogP contribution >= 0.6 is 12.4 Å². The zero-order valence-corrected chi connectivity index (χ0v) is 11.2. The summed E-state index contributed by atoms with van der Waals surface area (Å²) in [6.07, 6.45) is 4.47. The van der Waals surface area contributed by atoms with E-state index in [1.165, 1.54) is 6.42 Å². The molecule has 1 amide bonds. The van der Waals surface area contributed by atoms with Gasteiger partial charge >= 0.3 is 0 Å². The maximum absolute atomic E-state index is 11.7. The van der Waals surface area contributed by atoms with E-state index in [-0.39, 0.29) is 24.2 Å². The third kappa shape index (κ3) is 6.33. The smallest absolute Gasteiger partial charge is 0.224 e. The first kappa shape index (κ1) is 15.7. The Labute approximate surface area is 105 Å². The van der Waals surface area contributed by atoms with Crippen LogP contribution in [0.2, 0.25) is 0 Å². The van der Waals surface area contributed by atoms with E-state index in [1.807, 2.05) is 0 Å². The maximum atomic E-state index is 11.7. The second-order valence-corrected chi connectivity index (χ2v) is 4.87. The van der Waals surface area contributed by atoms with Crippen molar-refractivity contribution in [2.75, 3.05) is 19.6 Å². The molecule has 3 nitrogen and oxygen atoms in total. The molecule has 0 bridgehead atoms. The Morgan fingerprint density at radius 3 is 2.81 bits per heavy atom. The summed E-state index contributed by atoms with van der Waals surface area (Å²) in [5.41, 5.74) is 0. The third-order valence-corrected chi connectivity index (χ3v) is 2.93. The summed E-state index contributed by atoms with van der Waals surface area (Å²) in [6, 6.07) is 0. The van der Waals surface area contributed by atoms with Gasteiger partial charge in [0.2, 0.25) is 5.91 Å². The molecular formula is C12H25ClN2O. The number of rotatable bonds is 5. The van der Waals surface area contributed by atoms with Gasteiger partial charge in [-0.05, 0) is 38.1 Å². The van der Waals surface area contributed by atoms with Crippen molar-refractivity contribution >= 4 is 18.3 Å². The van der Waals surface area contributed by atoms with Crippen molar-refractivity contribution in [3.63, 3.8) is 0 Å². The lowest BCUT2D eigenvalue weighted by Gasteiger charge is -2.21. The first-order chi connectivity index (χ1) is 7.20. The van der Waals surface area contributed by atoms with Gasteiger partial charge in [0, 0.05) is 13.1 Å². The Hall–Kier alpha value is -0.280. The molecule has 1 atom stereocenters. The lowest BCUT2D eigenvalue weighted by molar-refractivity contribution is -0.125. The quantitative estimate of drug-likeness (QED) is 0.731. The molecule has 1 fully saturated rings. The molecule has 1 rings (SSSR count). The zero-order chi connectivity index (χ0) is 11.1. The van der Waals surface area contributed by atoms with Crippen molar-refractivity contribution in [1.82, 2.24) is 10.6 Å². The Morgan fingerprint density at radius 1 is 1.50 bits per heavy atom. The Morgan fingerprint density at radius 2 is 2.25 bits per heavy atom. The van der Waals surface area contributed by atoms with Crippen molar-refractivity contribution < 1.29 is 4.79 Å². The zero-order valence-electron chi connectivity index (χ0n) is 10.4. The van der Waals surface area contributed by atoms with E-state index in [2.05, 4.69) is 24.5 Å². The van der Waals surface area contributed by atoms with Crippen LogP contribution in [0.25, 0.3) is 0 Å². The standard InChI is InChI=1S/C12H24N2O.ClH/c1-10(2)5-3-8-14-12(15)11-6-4-7-13-9-11;/h10-11,13H,3-9H2,1-2H3,(H,14,15);1H. The van der Waals surface area contributed by atoms with Crippen molar-refractivity contribution in [1.29, 1.82) is 0 Å². The summed E-state index contributed by atoms with van der Waals surface area (Å²) < 4.78 is 0. The predicted octanol–water partition coefficient (Wildman–Crippen LogP) is 1.96. The third-order valence-electron chi connectivity index (χ3n) is 2.93. The van der Waals surface area contributed by atoms with E-state index in [0.717, 1.165) is 44.8 Å². The molecule has 0 spiro atoms. The van der Waals surface area contributed by atoms with Crippen molar-refractivity contribution in [3.05, 3.63) is 0 Å². The first-order valence-corrected chi connectivity index (χ1v) is 6.18. The molecule has 16 heavy (non-hydrogen) atoms. The number of piperidine rings is 1. The highest BCUT2D eigenvalue weighted by Gasteiger charge is 2.19. The summed E-state index contributed by atoms with van der Waals surface area (Å²) in [5.74, 6) is 1.18. The largest absolute Gasteiger partial charge is 0.356 e. The predicted molar refractivity (Wildman–Crippen MR) is 69.9 cm³/mol. The molecule has 1 unspecified atom stereocenters. The monoisotopic (exact) mass is 248 g/mol. The number of carbonyl (C=O) groups is 1. The molecule has 2 N–H and O–H groups in total. The topological polar surface area (TPSA) is 41.1 Å². The summed E-state index contributed by atoms with van der Waals surface area (Å²) in [5, 5.41) is 6.29. The highest BCUT2D eigenvalue weighted by Crippen LogP contribution is 2.09. The van der Waals surface area contributed by atoms with Gasteiger partial charge < -0.3 is 10.6 Å². The summed E-state index contributed by atoms with van der Waals surface area (Å²) in [7, 11) is 0. The van der Waals surface area contributed by atoms with E-state index in [1.54, 1.807) is 0 Å². The van der Waals surface area contributed by atoms with Gasteiger partial charge in [-0.1, -0.05) is 13.8 Å². The molecule has 0 aromatic rings. The van der Waals surface area contributed by atoms with Crippen LogP contribution in [0.15, 0.2) is 0 Å². The van der Waals surface area contributed by atoms with Crippen LogP contribution in [-0.4, -0.2) is 25.5 Å². The average Bonchev–Trinajstić information content (AvgIpc) is 2.25. The number of nitrogens with one attached hydrogen (secondary N) is 2. The maximum Gasteiger partial charge on any atom is 0.224 e. The van der Waals surface area contributed by atoms with Gasteiger partial charge in [0.1, 0.15) is 0 Å². The van der Waals surface area contributed by atoms with E-state index in [0.29, 0.717) is 0 Å². The lowest BCUT2D eigenvalue weighted by atomic mass is 9.99. The van der Waals surface area contributed by atoms with Crippen molar-refractivity contribution in [2.45, 2.75) is 39.5 Å². The molecule has 0 aromatic carbocycles. The fourth-order valence-corrected chi connectivity index (χ4v) is 1.94. The van der Waals surface area contributed by atoms with Crippen molar-refractivity contribution in [2.24, 2.45) is 11.8 Å². The minimum Gasteiger partial charge on any atom is -0.356 e. The van der Waals surface area contributed by atoms with E-state index < -0.39 is 0 Å². The fraction of sp³-hybridized carbons (Fsp3) is 0.917. The molecule has 96 valence electrons. The van der Waals surface area contributed by atoms with Gasteiger partial charge in [-0.15, -0.1) is 12.4 Å². The van der Waals surface area contributed by atoms with Gasteiger partial charge in [0.15, 0.2) is 0 Å². The van der Waals surface area contributed by atoms with Gasteiger partial charge in [-0.3, -0.25) is 4.79 Å². The van der Waals surface area contributed by atoms with Crippen LogP contribution in [0.3, 0.4) is 0 Å². The second-order valence-electron chi connectivity index (χ2n) is 4.87. The van der Waals surface area contributed by atoms with E-state index in [4.69, 9.17) is 0 Å². The molecular weight excluding hydrogens is 224 g/mol. The highest BCUT2D eigenvalue weighted by atomic mass is 35.5. The Balaban J connectivity index is 0.00000225. The summed E-state index contributed by atoms with van der Waals surface area (Å²) >= 11 is 0. The molecule has 1 heterocycles. The minimum atomic E-state index is 0. The molecule has 0 aliphatic carbocycles. The molecule has 1 saturated heterocycles. The Kier molecular flexibility index (Phi) is 8.67. The normalized spacial score (nSPS) is 20.3. The van der Waals surface area contributed by atoms with Crippen molar-refractivity contribution in [3.8, 4) is 0 Å². The van der Waals surface area contributed by atoms with Crippen LogP contribution in [0.5, 0.6) is 0 Å². The molecule has 1 aliphatic heterocycles. The highest BCUT2D eigenvalue weighted by molar-refractivity contribution is 5.85. The number of halogens is 1. The number of amides is 1. The molecule has 0 aromatic heterocycles. The van der Waals surface area contributed by atoms with Crippen LogP contribution in [0.1, 0.15) is 39.5 Å².